The Labute approximate surface area is 192 Å². The molecule has 33 heavy (non-hydrogen) atoms. The molecule has 3 heterocycles. The number of pyridine rings is 1. The van der Waals surface area contributed by atoms with Crippen molar-refractivity contribution in [2.75, 3.05) is 0 Å². The van der Waals surface area contributed by atoms with Crippen molar-refractivity contribution in [2.45, 2.75) is 63.6 Å². The van der Waals surface area contributed by atoms with Crippen molar-refractivity contribution in [1.29, 1.82) is 0 Å². The summed E-state index contributed by atoms with van der Waals surface area (Å²) in [6.07, 6.45) is 11.6. The molecule has 0 spiro atoms. The molecule has 7 heteroatoms. The monoisotopic (exact) mass is 440 g/mol. The summed E-state index contributed by atoms with van der Waals surface area (Å²) in [5.74, 6) is 0.380. The number of hydrogen-bond donors (Lipinski definition) is 1. The van der Waals surface area contributed by atoms with Gasteiger partial charge in [-0.1, -0.05) is 24.3 Å². The standard InChI is InChI=1S/C26H28N6O/c1-16(2)32-25-21(14-28-32)20(13-22(29-25)18-7-8-18)26(33)30-24-19-6-4-3-5-17(19)9-10-23(24)31-12-11-27-15-31/h3-6,11-16,18,23-24H,7-10H2,1-2H3,(H,30,33)/t23-,24-/m0/s1. The third-order valence-corrected chi connectivity index (χ3v) is 6.99. The smallest absolute Gasteiger partial charge is 0.252 e. The second kappa shape index (κ2) is 7.83. The Morgan fingerprint density at radius 3 is 2.79 bits per heavy atom. The van der Waals surface area contributed by atoms with Crippen molar-refractivity contribution < 1.29 is 4.79 Å². The highest BCUT2D eigenvalue weighted by Gasteiger charge is 2.33. The molecule has 1 N–H and O–H groups in total. The van der Waals surface area contributed by atoms with Crippen molar-refractivity contribution in [3.05, 3.63) is 77.6 Å². The fourth-order valence-electron chi connectivity index (χ4n) is 5.11. The minimum atomic E-state index is -0.135. The third kappa shape index (κ3) is 3.52. The SMILES string of the molecule is CC(C)n1ncc2c(C(=O)N[C@H]3c4ccccc4CC[C@@H]3n3ccnc3)cc(C3CC3)nc21. The van der Waals surface area contributed by atoms with Gasteiger partial charge in [0.25, 0.3) is 5.91 Å². The number of imidazole rings is 1. The number of aryl methyl sites for hydroxylation is 1. The van der Waals surface area contributed by atoms with Crippen molar-refractivity contribution >= 4 is 16.9 Å². The minimum absolute atomic E-state index is 0.0700. The summed E-state index contributed by atoms with van der Waals surface area (Å²) < 4.78 is 4.04. The predicted molar refractivity (Wildman–Crippen MR) is 126 cm³/mol. The lowest BCUT2D eigenvalue weighted by Crippen LogP contribution is -2.37. The highest BCUT2D eigenvalue weighted by molar-refractivity contribution is 6.05. The number of amides is 1. The number of hydrogen-bond acceptors (Lipinski definition) is 4. The first-order chi connectivity index (χ1) is 16.1. The van der Waals surface area contributed by atoms with Gasteiger partial charge in [-0.15, -0.1) is 0 Å². The molecule has 3 aromatic heterocycles. The Bertz CT molecular complexity index is 1320. The van der Waals surface area contributed by atoms with Crippen LogP contribution in [-0.4, -0.2) is 30.2 Å². The van der Waals surface area contributed by atoms with E-state index in [2.05, 4.69) is 58.1 Å². The van der Waals surface area contributed by atoms with E-state index in [-0.39, 0.29) is 24.0 Å². The van der Waals surface area contributed by atoms with Crippen LogP contribution >= 0.6 is 0 Å². The molecule has 0 bridgehead atoms. The number of nitrogens with zero attached hydrogens (tertiary/aromatic N) is 5. The second-order valence-corrected chi connectivity index (χ2v) is 9.55. The van der Waals surface area contributed by atoms with E-state index in [9.17, 15) is 4.79 Å². The van der Waals surface area contributed by atoms with E-state index in [4.69, 9.17) is 4.98 Å². The lowest BCUT2D eigenvalue weighted by atomic mass is 9.83. The van der Waals surface area contributed by atoms with Gasteiger partial charge in [-0.05, 0) is 56.7 Å². The number of benzene rings is 1. The first-order valence-corrected chi connectivity index (χ1v) is 11.8. The Morgan fingerprint density at radius 2 is 2.03 bits per heavy atom. The van der Waals surface area contributed by atoms with Gasteiger partial charge in [-0.3, -0.25) is 4.79 Å². The third-order valence-electron chi connectivity index (χ3n) is 6.99. The summed E-state index contributed by atoms with van der Waals surface area (Å²) in [6.45, 7) is 4.18. The maximum Gasteiger partial charge on any atom is 0.252 e. The molecule has 0 unspecified atom stereocenters. The predicted octanol–water partition coefficient (Wildman–Crippen LogP) is 4.74. The molecule has 1 aromatic carbocycles. The molecule has 1 amide bonds. The molecule has 4 aromatic rings. The van der Waals surface area contributed by atoms with Gasteiger partial charge in [-0.25, -0.2) is 14.6 Å². The first-order valence-electron chi connectivity index (χ1n) is 11.8. The number of aromatic nitrogens is 5. The summed E-state index contributed by atoms with van der Waals surface area (Å²) in [6, 6.07) is 10.6. The zero-order valence-electron chi connectivity index (χ0n) is 19.0. The summed E-state index contributed by atoms with van der Waals surface area (Å²) in [5, 5.41) is 8.77. The van der Waals surface area contributed by atoms with E-state index in [1.165, 1.54) is 11.1 Å². The topological polar surface area (TPSA) is 77.6 Å². The van der Waals surface area contributed by atoms with E-state index in [0.29, 0.717) is 11.5 Å². The van der Waals surface area contributed by atoms with Gasteiger partial charge in [0.2, 0.25) is 0 Å². The molecule has 1 fully saturated rings. The molecule has 2 aliphatic rings. The van der Waals surface area contributed by atoms with Crippen LogP contribution < -0.4 is 5.32 Å². The Hall–Kier alpha value is -3.48. The molecule has 0 saturated heterocycles. The number of carbonyl (C=O) groups is 1. The zero-order valence-corrected chi connectivity index (χ0v) is 19.0. The van der Waals surface area contributed by atoms with Crippen LogP contribution in [0.5, 0.6) is 0 Å². The van der Waals surface area contributed by atoms with E-state index >= 15 is 0 Å². The van der Waals surface area contributed by atoms with Crippen LogP contribution in [0.25, 0.3) is 11.0 Å². The number of fused-ring (bicyclic) bond motifs is 2. The summed E-state index contributed by atoms with van der Waals surface area (Å²) in [7, 11) is 0. The van der Waals surface area contributed by atoms with E-state index in [1.54, 1.807) is 12.4 Å². The largest absolute Gasteiger partial charge is 0.343 e. The minimum Gasteiger partial charge on any atom is -0.343 e. The van der Waals surface area contributed by atoms with Gasteiger partial charge < -0.3 is 9.88 Å². The van der Waals surface area contributed by atoms with E-state index < -0.39 is 0 Å². The van der Waals surface area contributed by atoms with Gasteiger partial charge in [0.15, 0.2) is 5.65 Å². The lowest BCUT2D eigenvalue weighted by Gasteiger charge is -2.35. The van der Waals surface area contributed by atoms with Crippen LogP contribution in [0.4, 0.5) is 0 Å². The molecule has 1 saturated carbocycles. The van der Waals surface area contributed by atoms with Crippen LogP contribution in [0, 0.1) is 0 Å². The maximum atomic E-state index is 13.8. The molecular formula is C26H28N6O. The molecular weight excluding hydrogens is 412 g/mol. The van der Waals surface area contributed by atoms with Crippen molar-refractivity contribution in [3.63, 3.8) is 0 Å². The quantitative estimate of drug-likeness (QED) is 0.486. The van der Waals surface area contributed by atoms with Crippen LogP contribution in [0.3, 0.4) is 0 Å². The van der Waals surface area contributed by atoms with Gasteiger partial charge in [-0.2, -0.15) is 5.10 Å². The van der Waals surface area contributed by atoms with Gasteiger partial charge in [0, 0.05) is 30.0 Å². The maximum absolute atomic E-state index is 13.8. The van der Waals surface area contributed by atoms with Gasteiger partial charge in [0.1, 0.15) is 0 Å². The first kappa shape index (κ1) is 20.1. The average molecular weight is 441 g/mol. The van der Waals surface area contributed by atoms with E-state index in [1.807, 2.05) is 23.3 Å². The van der Waals surface area contributed by atoms with Crippen molar-refractivity contribution in [3.8, 4) is 0 Å². The highest BCUT2D eigenvalue weighted by atomic mass is 16.1. The number of rotatable bonds is 5. The molecule has 6 rings (SSSR count). The molecule has 2 aliphatic carbocycles. The van der Waals surface area contributed by atoms with Crippen LogP contribution in [-0.2, 0) is 6.42 Å². The van der Waals surface area contributed by atoms with Crippen molar-refractivity contribution in [1.82, 2.24) is 29.6 Å². The molecule has 0 radical (unpaired) electrons. The van der Waals surface area contributed by atoms with Crippen molar-refractivity contribution in [2.24, 2.45) is 0 Å². The summed E-state index contributed by atoms with van der Waals surface area (Å²) >= 11 is 0. The van der Waals surface area contributed by atoms with Crippen LogP contribution in [0.2, 0.25) is 0 Å². The Kier molecular flexibility index (Phi) is 4.78. The van der Waals surface area contributed by atoms with Gasteiger partial charge in [0.05, 0.1) is 35.6 Å². The molecule has 2 atom stereocenters. The van der Waals surface area contributed by atoms with E-state index in [0.717, 1.165) is 42.4 Å². The molecule has 7 nitrogen and oxygen atoms in total. The van der Waals surface area contributed by atoms with Gasteiger partial charge >= 0.3 is 0 Å². The zero-order chi connectivity index (χ0) is 22.5. The number of carbonyl (C=O) groups excluding carboxylic acids is 1. The normalized spacial score (nSPS) is 20.2. The average Bonchev–Trinajstić information content (AvgIpc) is 3.35. The number of nitrogens with one attached hydrogen (secondary N) is 1. The molecule has 0 aliphatic heterocycles. The van der Waals surface area contributed by atoms with Crippen LogP contribution in [0.1, 0.15) is 84.3 Å². The fourth-order valence-corrected chi connectivity index (χ4v) is 5.11. The molecule has 168 valence electrons. The summed E-state index contributed by atoms with van der Waals surface area (Å²) in [4.78, 5) is 23.0. The highest BCUT2D eigenvalue weighted by Crippen LogP contribution is 2.41. The second-order valence-electron chi connectivity index (χ2n) is 9.55. The van der Waals surface area contributed by atoms with Crippen LogP contribution in [0.15, 0.2) is 55.2 Å². The lowest BCUT2D eigenvalue weighted by molar-refractivity contribution is 0.0919. The fraction of sp³-hybridized carbons (Fsp3) is 0.385. The Morgan fingerprint density at radius 1 is 1.18 bits per heavy atom. The summed E-state index contributed by atoms with van der Waals surface area (Å²) in [5.41, 5.74) is 4.95. The Balaban J connectivity index is 1.42.